The van der Waals surface area contributed by atoms with Crippen LogP contribution in [-0.4, -0.2) is 37.0 Å². The standard InChI is InChI=1S/C23H30ClFNO4PS/c24-21-14-18(15-26-11-3-12-30-31(27)28)4-9-22(21)32-13-2-1-10-23(16-29-17-23)19-5-7-20(25)8-6-19/h4-9,14,26,31H,1-3,10-13,15-17H2,(H,27,28). The van der Waals surface area contributed by atoms with Crippen LogP contribution in [0.4, 0.5) is 4.39 Å². The largest absolute Gasteiger partial charge is 0.379 e. The van der Waals surface area contributed by atoms with E-state index in [1.165, 1.54) is 17.7 Å². The molecule has 5 nitrogen and oxygen atoms in total. The van der Waals surface area contributed by atoms with Crippen molar-refractivity contribution in [3.05, 3.63) is 64.4 Å². The molecule has 0 aliphatic carbocycles. The van der Waals surface area contributed by atoms with Gasteiger partial charge in [0.25, 0.3) is 0 Å². The van der Waals surface area contributed by atoms with Crippen molar-refractivity contribution in [2.45, 2.75) is 42.5 Å². The number of ether oxygens (including phenoxy) is 1. The number of benzene rings is 2. The zero-order chi connectivity index (χ0) is 22.8. The van der Waals surface area contributed by atoms with E-state index >= 15 is 0 Å². The van der Waals surface area contributed by atoms with E-state index in [0.717, 1.165) is 40.5 Å². The second-order valence-electron chi connectivity index (χ2n) is 8.00. The average molecular weight is 502 g/mol. The summed E-state index contributed by atoms with van der Waals surface area (Å²) in [6.07, 6.45) is 3.88. The molecule has 1 heterocycles. The van der Waals surface area contributed by atoms with E-state index in [2.05, 4.69) is 22.0 Å². The Morgan fingerprint density at radius 1 is 1.19 bits per heavy atom. The predicted octanol–water partition coefficient (Wildman–Crippen LogP) is 5.59. The Labute approximate surface area is 199 Å². The molecule has 1 aliphatic heterocycles. The van der Waals surface area contributed by atoms with Crippen molar-refractivity contribution in [2.24, 2.45) is 0 Å². The first-order valence-corrected chi connectivity index (χ1v) is 13.4. The number of halogens is 2. The minimum absolute atomic E-state index is 0.0347. The van der Waals surface area contributed by atoms with Gasteiger partial charge in [-0.2, -0.15) is 0 Å². The van der Waals surface area contributed by atoms with Crippen LogP contribution in [0.1, 0.15) is 36.8 Å². The van der Waals surface area contributed by atoms with Gasteiger partial charge in [0.1, 0.15) is 5.82 Å². The minimum Gasteiger partial charge on any atom is -0.379 e. The van der Waals surface area contributed by atoms with Crippen molar-refractivity contribution in [1.82, 2.24) is 5.32 Å². The molecule has 1 saturated heterocycles. The lowest BCUT2D eigenvalue weighted by Crippen LogP contribution is -2.46. The Bertz CT molecular complexity index is 883. The van der Waals surface area contributed by atoms with Crippen LogP contribution in [0, 0.1) is 5.82 Å². The number of hydrogen-bond donors (Lipinski definition) is 2. The third-order valence-electron chi connectivity index (χ3n) is 5.57. The number of rotatable bonds is 14. The van der Waals surface area contributed by atoms with Crippen LogP contribution in [0.5, 0.6) is 0 Å². The van der Waals surface area contributed by atoms with Gasteiger partial charge in [-0.05, 0) is 67.0 Å². The van der Waals surface area contributed by atoms with E-state index in [0.29, 0.717) is 32.7 Å². The molecule has 0 spiro atoms. The Hall–Kier alpha value is -0.920. The quantitative estimate of drug-likeness (QED) is 0.200. The average Bonchev–Trinajstić information content (AvgIpc) is 2.74. The molecule has 2 aromatic carbocycles. The zero-order valence-corrected chi connectivity index (χ0v) is 20.5. The second kappa shape index (κ2) is 13.1. The van der Waals surface area contributed by atoms with Crippen LogP contribution in [-0.2, 0) is 25.8 Å². The van der Waals surface area contributed by atoms with Crippen molar-refractivity contribution in [1.29, 1.82) is 0 Å². The number of nitrogens with one attached hydrogen (secondary N) is 1. The van der Waals surface area contributed by atoms with Gasteiger partial charge in [0.05, 0.1) is 24.8 Å². The summed E-state index contributed by atoms with van der Waals surface area (Å²) in [6.45, 7) is 3.08. The topological polar surface area (TPSA) is 67.8 Å². The minimum atomic E-state index is -2.83. The molecule has 1 atom stereocenters. The van der Waals surface area contributed by atoms with Gasteiger partial charge in [-0.1, -0.05) is 36.2 Å². The highest BCUT2D eigenvalue weighted by Crippen LogP contribution is 2.38. The molecule has 2 N–H and O–H groups in total. The van der Waals surface area contributed by atoms with Gasteiger partial charge in [0, 0.05) is 16.9 Å². The summed E-state index contributed by atoms with van der Waals surface area (Å²) in [5.41, 5.74) is 2.30. The van der Waals surface area contributed by atoms with E-state index in [1.807, 2.05) is 18.2 Å². The first kappa shape index (κ1) is 25.7. The maximum atomic E-state index is 13.2. The summed E-state index contributed by atoms with van der Waals surface area (Å²) in [5.74, 6) is 0.789. The molecule has 9 heteroatoms. The van der Waals surface area contributed by atoms with Crippen LogP contribution < -0.4 is 5.32 Å². The fraction of sp³-hybridized carbons (Fsp3) is 0.478. The molecule has 1 aliphatic rings. The summed E-state index contributed by atoms with van der Waals surface area (Å²) in [6, 6.07) is 12.9. The van der Waals surface area contributed by atoms with Gasteiger partial charge >= 0.3 is 8.25 Å². The van der Waals surface area contributed by atoms with Gasteiger partial charge < -0.3 is 19.5 Å². The predicted molar refractivity (Wildman–Crippen MR) is 128 cm³/mol. The Kier molecular flexibility index (Phi) is 10.5. The van der Waals surface area contributed by atoms with Crippen molar-refractivity contribution >= 4 is 31.6 Å². The highest BCUT2D eigenvalue weighted by molar-refractivity contribution is 7.99. The molecule has 32 heavy (non-hydrogen) atoms. The molecule has 0 aromatic heterocycles. The van der Waals surface area contributed by atoms with E-state index in [9.17, 15) is 8.96 Å². The van der Waals surface area contributed by atoms with Gasteiger partial charge in [-0.25, -0.2) is 4.39 Å². The summed E-state index contributed by atoms with van der Waals surface area (Å²) < 4.78 is 33.8. The fourth-order valence-electron chi connectivity index (χ4n) is 3.72. The lowest BCUT2D eigenvalue weighted by molar-refractivity contribution is -0.0652. The molecule has 0 saturated carbocycles. The van der Waals surface area contributed by atoms with Crippen molar-refractivity contribution in [3.63, 3.8) is 0 Å². The summed E-state index contributed by atoms with van der Waals surface area (Å²) in [4.78, 5) is 9.69. The van der Waals surface area contributed by atoms with Crippen molar-refractivity contribution < 1.29 is 23.1 Å². The summed E-state index contributed by atoms with van der Waals surface area (Å²) in [7, 11) is -2.83. The summed E-state index contributed by atoms with van der Waals surface area (Å²) in [5, 5.41) is 4.03. The zero-order valence-electron chi connectivity index (χ0n) is 17.9. The molecular formula is C23H30ClFNO4PS. The van der Waals surface area contributed by atoms with Gasteiger partial charge in [-0.15, -0.1) is 11.8 Å². The summed E-state index contributed by atoms with van der Waals surface area (Å²) >= 11 is 8.23. The third-order valence-corrected chi connectivity index (χ3v) is 7.61. The Balaban J connectivity index is 1.35. The maximum Gasteiger partial charge on any atom is 0.316 e. The lowest BCUT2D eigenvalue weighted by atomic mass is 9.75. The van der Waals surface area contributed by atoms with E-state index in [4.69, 9.17) is 21.2 Å². The molecule has 0 amide bonds. The molecule has 176 valence electrons. The van der Waals surface area contributed by atoms with Gasteiger partial charge in [0.2, 0.25) is 0 Å². The van der Waals surface area contributed by atoms with E-state index < -0.39 is 8.25 Å². The number of unbranched alkanes of at least 4 members (excludes halogenated alkanes) is 1. The van der Waals surface area contributed by atoms with E-state index in [-0.39, 0.29) is 17.8 Å². The highest BCUT2D eigenvalue weighted by atomic mass is 35.5. The van der Waals surface area contributed by atoms with Crippen molar-refractivity contribution in [2.75, 3.05) is 32.1 Å². The second-order valence-corrected chi connectivity index (χ2v) is 10.4. The van der Waals surface area contributed by atoms with Crippen LogP contribution in [0.15, 0.2) is 47.4 Å². The third kappa shape index (κ3) is 7.84. The fourth-order valence-corrected chi connectivity index (χ4v) is 5.33. The van der Waals surface area contributed by atoms with Crippen LogP contribution in [0.3, 0.4) is 0 Å². The maximum absolute atomic E-state index is 13.2. The van der Waals surface area contributed by atoms with Crippen molar-refractivity contribution in [3.8, 4) is 0 Å². The molecule has 0 radical (unpaired) electrons. The Morgan fingerprint density at radius 2 is 1.97 bits per heavy atom. The van der Waals surface area contributed by atoms with Crippen LogP contribution in [0.25, 0.3) is 0 Å². The number of thioether (sulfide) groups is 1. The molecule has 3 rings (SSSR count). The molecule has 1 fully saturated rings. The Morgan fingerprint density at radius 3 is 2.62 bits per heavy atom. The molecular weight excluding hydrogens is 472 g/mol. The smallest absolute Gasteiger partial charge is 0.316 e. The van der Waals surface area contributed by atoms with Gasteiger partial charge in [0.15, 0.2) is 0 Å². The first-order valence-electron chi connectivity index (χ1n) is 10.8. The molecule has 2 aromatic rings. The van der Waals surface area contributed by atoms with Crippen LogP contribution >= 0.6 is 31.6 Å². The van der Waals surface area contributed by atoms with E-state index in [1.54, 1.807) is 11.8 Å². The van der Waals surface area contributed by atoms with Gasteiger partial charge in [-0.3, -0.25) is 4.57 Å². The van der Waals surface area contributed by atoms with Crippen LogP contribution in [0.2, 0.25) is 5.02 Å². The normalized spacial score (nSPS) is 16.0. The molecule has 1 unspecified atom stereocenters. The monoisotopic (exact) mass is 501 g/mol. The SMILES string of the molecule is O=[PH](O)OCCCNCc1ccc(SCCCCC2(c3ccc(F)cc3)COC2)c(Cl)c1. The highest BCUT2D eigenvalue weighted by Gasteiger charge is 2.39. The first-order chi connectivity index (χ1) is 15.5. The number of hydrogen-bond acceptors (Lipinski definition) is 5. The lowest BCUT2D eigenvalue weighted by Gasteiger charge is -2.42. The molecule has 0 bridgehead atoms.